The molecule has 0 spiro atoms. The van der Waals surface area contributed by atoms with Crippen LogP contribution in [-0.4, -0.2) is 52.9 Å². The van der Waals surface area contributed by atoms with Crippen LogP contribution in [-0.2, 0) is 18.4 Å². The molecule has 9 nitrogen and oxygen atoms in total. The molecule has 0 bridgehead atoms. The van der Waals surface area contributed by atoms with Gasteiger partial charge in [-0.3, -0.25) is 9.78 Å². The average Bonchev–Trinajstić information content (AvgIpc) is 3.23. The summed E-state index contributed by atoms with van der Waals surface area (Å²) in [6, 6.07) is 5.69. The van der Waals surface area contributed by atoms with E-state index < -0.39 is 0 Å². The second kappa shape index (κ2) is 7.68. The van der Waals surface area contributed by atoms with Gasteiger partial charge in [0.05, 0.1) is 5.75 Å². The van der Waals surface area contributed by atoms with Crippen molar-refractivity contribution in [2.45, 2.75) is 11.7 Å². The van der Waals surface area contributed by atoms with Gasteiger partial charge in [-0.05, 0) is 22.6 Å². The second-order valence-electron chi connectivity index (χ2n) is 4.88. The van der Waals surface area contributed by atoms with Crippen molar-refractivity contribution < 1.29 is 4.79 Å². The standard InChI is InChI=1S/C14H16N8OS/c1-21-14(18-19-20-21)24-10-12(23)16-6-8-22-9-7-17-13(22)11-4-2-3-5-15-11/h2-5,7,9H,6,8,10H2,1H3,(H,16,23). The summed E-state index contributed by atoms with van der Waals surface area (Å²) in [4.78, 5) is 20.5. The highest BCUT2D eigenvalue weighted by Crippen LogP contribution is 2.13. The van der Waals surface area contributed by atoms with Gasteiger partial charge in [0.15, 0.2) is 5.82 Å². The second-order valence-corrected chi connectivity index (χ2v) is 5.83. The molecule has 1 N–H and O–H groups in total. The lowest BCUT2D eigenvalue weighted by Crippen LogP contribution is -2.28. The molecule has 0 aromatic carbocycles. The number of carbonyl (C=O) groups is 1. The van der Waals surface area contributed by atoms with Crippen LogP contribution in [0.4, 0.5) is 0 Å². The highest BCUT2D eigenvalue weighted by Gasteiger charge is 2.09. The Balaban J connectivity index is 1.48. The Morgan fingerprint density at radius 1 is 1.29 bits per heavy atom. The van der Waals surface area contributed by atoms with Gasteiger partial charge in [0.25, 0.3) is 0 Å². The summed E-state index contributed by atoms with van der Waals surface area (Å²) in [5, 5.41) is 14.5. The van der Waals surface area contributed by atoms with E-state index in [0.29, 0.717) is 18.2 Å². The van der Waals surface area contributed by atoms with Crippen molar-refractivity contribution in [3.63, 3.8) is 0 Å². The van der Waals surface area contributed by atoms with Gasteiger partial charge in [0, 0.05) is 38.7 Å². The number of amides is 1. The van der Waals surface area contributed by atoms with Gasteiger partial charge in [-0.15, -0.1) is 5.10 Å². The maximum atomic E-state index is 11.9. The van der Waals surface area contributed by atoms with Crippen LogP contribution in [0.15, 0.2) is 41.9 Å². The van der Waals surface area contributed by atoms with E-state index in [-0.39, 0.29) is 11.7 Å². The first kappa shape index (κ1) is 16.1. The normalized spacial score (nSPS) is 10.7. The zero-order valence-electron chi connectivity index (χ0n) is 13.0. The van der Waals surface area contributed by atoms with E-state index in [9.17, 15) is 4.79 Å². The van der Waals surface area contributed by atoms with Crippen molar-refractivity contribution in [2.75, 3.05) is 12.3 Å². The van der Waals surface area contributed by atoms with Gasteiger partial charge in [-0.1, -0.05) is 17.8 Å². The molecule has 0 radical (unpaired) electrons. The number of thioether (sulfide) groups is 1. The largest absolute Gasteiger partial charge is 0.354 e. The van der Waals surface area contributed by atoms with E-state index in [1.165, 1.54) is 16.4 Å². The first-order valence-electron chi connectivity index (χ1n) is 7.28. The van der Waals surface area contributed by atoms with Crippen molar-refractivity contribution in [3.05, 3.63) is 36.8 Å². The Morgan fingerprint density at radius 2 is 2.21 bits per heavy atom. The molecule has 0 unspecified atom stereocenters. The number of hydrogen-bond acceptors (Lipinski definition) is 7. The molecule has 3 aromatic heterocycles. The third kappa shape index (κ3) is 3.96. The van der Waals surface area contributed by atoms with E-state index in [4.69, 9.17) is 0 Å². The Labute approximate surface area is 142 Å². The zero-order valence-corrected chi connectivity index (χ0v) is 13.8. The number of nitrogens with zero attached hydrogens (tertiary/aromatic N) is 7. The summed E-state index contributed by atoms with van der Waals surface area (Å²) in [6.45, 7) is 1.13. The summed E-state index contributed by atoms with van der Waals surface area (Å²) >= 11 is 1.30. The topological polar surface area (TPSA) is 103 Å². The number of pyridine rings is 1. The highest BCUT2D eigenvalue weighted by atomic mass is 32.2. The molecule has 0 aliphatic rings. The van der Waals surface area contributed by atoms with Crippen molar-refractivity contribution in [2.24, 2.45) is 7.05 Å². The molecular formula is C14H16N8OS. The molecular weight excluding hydrogens is 328 g/mol. The fourth-order valence-electron chi connectivity index (χ4n) is 2.06. The summed E-state index contributed by atoms with van der Waals surface area (Å²) < 4.78 is 3.49. The van der Waals surface area contributed by atoms with Crippen molar-refractivity contribution in [1.82, 2.24) is 40.1 Å². The number of aromatic nitrogens is 7. The summed E-state index contributed by atoms with van der Waals surface area (Å²) in [7, 11) is 1.73. The molecule has 3 rings (SSSR count). The van der Waals surface area contributed by atoms with Crippen molar-refractivity contribution in [1.29, 1.82) is 0 Å². The maximum absolute atomic E-state index is 11.9. The van der Waals surface area contributed by atoms with Crippen LogP contribution in [0.25, 0.3) is 11.5 Å². The smallest absolute Gasteiger partial charge is 0.230 e. The number of aryl methyl sites for hydroxylation is 1. The first-order chi connectivity index (χ1) is 11.7. The van der Waals surface area contributed by atoms with Crippen LogP contribution >= 0.6 is 11.8 Å². The number of hydrogen-bond donors (Lipinski definition) is 1. The van der Waals surface area contributed by atoms with E-state index in [0.717, 1.165) is 11.5 Å². The summed E-state index contributed by atoms with van der Waals surface area (Å²) in [6.07, 6.45) is 5.33. The molecule has 0 aliphatic carbocycles. The first-order valence-corrected chi connectivity index (χ1v) is 8.27. The molecule has 1 amide bonds. The van der Waals surface area contributed by atoms with E-state index >= 15 is 0 Å². The lowest BCUT2D eigenvalue weighted by molar-refractivity contribution is -0.118. The number of imidazole rings is 1. The minimum Gasteiger partial charge on any atom is -0.354 e. The van der Waals surface area contributed by atoms with Crippen LogP contribution in [0.3, 0.4) is 0 Å². The molecule has 24 heavy (non-hydrogen) atoms. The summed E-state index contributed by atoms with van der Waals surface area (Å²) in [5.41, 5.74) is 0.805. The van der Waals surface area contributed by atoms with Crippen LogP contribution < -0.4 is 5.32 Å². The molecule has 0 saturated carbocycles. The quantitative estimate of drug-likeness (QED) is 0.618. The lowest BCUT2D eigenvalue weighted by Gasteiger charge is -2.08. The molecule has 0 saturated heterocycles. The number of carbonyl (C=O) groups excluding carboxylic acids is 1. The van der Waals surface area contributed by atoms with Crippen molar-refractivity contribution in [3.8, 4) is 11.5 Å². The predicted octanol–water partition coefficient (Wildman–Crippen LogP) is 0.377. The molecule has 10 heteroatoms. The van der Waals surface area contributed by atoms with Crippen LogP contribution in [0.2, 0.25) is 0 Å². The summed E-state index contributed by atoms with van der Waals surface area (Å²) in [5.74, 6) is 0.984. The molecule has 3 heterocycles. The zero-order chi connectivity index (χ0) is 16.8. The van der Waals surface area contributed by atoms with Crippen LogP contribution in [0, 0.1) is 0 Å². The van der Waals surface area contributed by atoms with E-state index in [1.54, 1.807) is 19.4 Å². The Morgan fingerprint density at radius 3 is 2.96 bits per heavy atom. The van der Waals surface area contributed by atoms with E-state index in [2.05, 4.69) is 30.8 Å². The third-order valence-electron chi connectivity index (χ3n) is 3.20. The fourth-order valence-corrected chi connectivity index (χ4v) is 2.74. The van der Waals surface area contributed by atoms with Crippen LogP contribution in [0.5, 0.6) is 0 Å². The maximum Gasteiger partial charge on any atom is 0.230 e. The minimum absolute atomic E-state index is 0.0671. The highest BCUT2D eigenvalue weighted by molar-refractivity contribution is 7.99. The molecule has 124 valence electrons. The molecule has 0 atom stereocenters. The van der Waals surface area contributed by atoms with Crippen LogP contribution in [0.1, 0.15) is 0 Å². The van der Waals surface area contributed by atoms with Gasteiger partial charge < -0.3 is 9.88 Å². The van der Waals surface area contributed by atoms with Gasteiger partial charge >= 0.3 is 0 Å². The Bertz CT molecular complexity index is 800. The minimum atomic E-state index is -0.0671. The molecule has 0 aliphatic heterocycles. The van der Waals surface area contributed by atoms with Gasteiger partial charge in [-0.25, -0.2) is 9.67 Å². The SMILES string of the molecule is Cn1nnnc1SCC(=O)NCCn1ccnc1-c1ccccn1. The monoisotopic (exact) mass is 344 g/mol. The lowest BCUT2D eigenvalue weighted by atomic mass is 10.3. The predicted molar refractivity (Wildman–Crippen MR) is 88.0 cm³/mol. The third-order valence-corrected chi connectivity index (χ3v) is 4.21. The van der Waals surface area contributed by atoms with Gasteiger partial charge in [-0.2, -0.15) is 0 Å². The average molecular weight is 344 g/mol. The van der Waals surface area contributed by atoms with Gasteiger partial charge in [0.2, 0.25) is 11.1 Å². The van der Waals surface area contributed by atoms with Crippen molar-refractivity contribution >= 4 is 17.7 Å². The Kier molecular flexibility index (Phi) is 5.16. The molecule has 3 aromatic rings. The number of tetrazole rings is 1. The number of nitrogens with one attached hydrogen (secondary N) is 1. The fraction of sp³-hybridized carbons (Fsp3) is 0.286. The Hall–Kier alpha value is -2.75. The van der Waals surface area contributed by atoms with E-state index in [1.807, 2.05) is 29.0 Å². The number of rotatable bonds is 7. The molecule has 0 fully saturated rings. The van der Waals surface area contributed by atoms with Gasteiger partial charge in [0.1, 0.15) is 5.69 Å².